The monoisotopic (exact) mass is 398 g/mol. The standard InChI is InChI=1S/C24H19ClN4/c25-20-11-13-21(14-12-20)28-17-19(16-26-28)24-15-23(18-7-3-1-4-8-18)27-29(24)22-9-5-2-6-10-22/h1-14,16-17,24H,15H2. The van der Waals surface area contributed by atoms with Crippen molar-refractivity contribution in [2.75, 3.05) is 5.01 Å². The van der Waals surface area contributed by atoms with Crippen molar-refractivity contribution in [1.29, 1.82) is 0 Å². The highest BCUT2D eigenvalue weighted by Gasteiger charge is 2.30. The molecule has 4 aromatic rings. The van der Waals surface area contributed by atoms with Gasteiger partial charge in [-0.1, -0.05) is 60.1 Å². The lowest BCUT2D eigenvalue weighted by atomic mass is 10.0. The molecular formula is C24H19ClN4. The van der Waals surface area contributed by atoms with Crippen LogP contribution in [-0.2, 0) is 0 Å². The minimum atomic E-state index is 0.0913. The molecule has 0 saturated carbocycles. The van der Waals surface area contributed by atoms with Crippen LogP contribution in [0.1, 0.15) is 23.6 Å². The second-order valence-electron chi connectivity index (χ2n) is 7.01. The summed E-state index contributed by atoms with van der Waals surface area (Å²) < 4.78 is 1.88. The molecule has 142 valence electrons. The predicted octanol–water partition coefficient (Wildman–Crippen LogP) is 5.88. The van der Waals surface area contributed by atoms with E-state index in [1.165, 1.54) is 0 Å². The lowest BCUT2D eigenvalue weighted by Gasteiger charge is -2.22. The summed E-state index contributed by atoms with van der Waals surface area (Å²) in [7, 11) is 0. The molecule has 29 heavy (non-hydrogen) atoms. The van der Waals surface area contributed by atoms with Crippen LogP contribution in [0, 0.1) is 0 Å². The molecule has 5 rings (SSSR count). The number of para-hydroxylation sites is 1. The smallest absolute Gasteiger partial charge is 0.0862 e. The minimum Gasteiger partial charge on any atom is -0.257 e. The first-order valence-electron chi connectivity index (χ1n) is 9.55. The second kappa shape index (κ2) is 7.57. The van der Waals surface area contributed by atoms with Gasteiger partial charge in [0.1, 0.15) is 0 Å². The van der Waals surface area contributed by atoms with Gasteiger partial charge in [0.15, 0.2) is 0 Å². The number of hydrogen-bond donors (Lipinski definition) is 0. The molecule has 0 aliphatic carbocycles. The number of anilines is 1. The van der Waals surface area contributed by atoms with Gasteiger partial charge >= 0.3 is 0 Å². The topological polar surface area (TPSA) is 33.4 Å². The molecule has 0 spiro atoms. The third-order valence-corrected chi connectivity index (χ3v) is 5.37. The maximum Gasteiger partial charge on any atom is 0.0862 e. The lowest BCUT2D eigenvalue weighted by Crippen LogP contribution is -2.18. The fraction of sp³-hybridized carbons (Fsp3) is 0.0833. The van der Waals surface area contributed by atoms with Gasteiger partial charge in [-0.2, -0.15) is 10.2 Å². The van der Waals surface area contributed by atoms with Crippen molar-refractivity contribution in [2.24, 2.45) is 5.10 Å². The van der Waals surface area contributed by atoms with Gasteiger partial charge in [0.2, 0.25) is 0 Å². The average Bonchev–Trinajstić information content (AvgIpc) is 3.43. The normalized spacial score (nSPS) is 16.1. The molecule has 1 aliphatic heterocycles. The Morgan fingerprint density at radius 2 is 1.48 bits per heavy atom. The first-order chi connectivity index (χ1) is 14.3. The van der Waals surface area contributed by atoms with E-state index in [1.807, 2.05) is 59.4 Å². The fourth-order valence-corrected chi connectivity index (χ4v) is 3.76. The maximum absolute atomic E-state index is 6.02. The van der Waals surface area contributed by atoms with Crippen molar-refractivity contribution < 1.29 is 0 Å². The van der Waals surface area contributed by atoms with Crippen LogP contribution in [0.3, 0.4) is 0 Å². The van der Waals surface area contributed by atoms with Crippen molar-refractivity contribution in [3.8, 4) is 5.69 Å². The molecule has 0 N–H and O–H groups in total. The van der Waals surface area contributed by atoms with Gasteiger partial charge in [0.05, 0.1) is 29.3 Å². The number of aromatic nitrogens is 2. The summed E-state index contributed by atoms with van der Waals surface area (Å²) in [6, 6.07) is 28.4. The number of nitrogens with zero attached hydrogens (tertiary/aromatic N) is 4. The Labute approximate surface area is 174 Å². The van der Waals surface area contributed by atoms with Crippen molar-refractivity contribution in [1.82, 2.24) is 9.78 Å². The molecule has 5 heteroatoms. The van der Waals surface area contributed by atoms with Crippen LogP contribution >= 0.6 is 11.6 Å². The van der Waals surface area contributed by atoms with E-state index < -0.39 is 0 Å². The molecule has 2 heterocycles. The van der Waals surface area contributed by atoms with Crippen LogP contribution in [0.5, 0.6) is 0 Å². The molecule has 1 atom stereocenters. The van der Waals surface area contributed by atoms with Gasteiger partial charge in [-0.3, -0.25) is 5.01 Å². The van der Waals surface area contributed by atoms with Gasteiger partial charge in [-0.05, 0) is 42.0 Å². The highest BCUT2D eigenvalue weighted by Crippen LogP contribution is 2.36. The van der Waals surface area contributed by atoms with Crippen LogP contribution in [0.15, 0.2) is 102 Å². The van der Waals surface area contributed by atoms with E-state index in [2.05, 4.69) is 52.7 Å². The van der Waals surface area contributed by atoms with E-state index in [0.717, 1.165) is 34.6 Å². The largest absolute Gasteiger partial charge is 0.257 e. The summed E-state index contributed by atoms with van der Waals surface area (Å²) in [6.45, 7) is 0. The highest BCUT2D eigenvalue weighted by molar-refractivity contribution is 6.30. The Balaban J connectivity index is 1.51. The summed E-state index contributed by atoms with van der Waals surface area (Å²) in [6.07, 6.45) is 4.83. The van der Waals surface area contributed by atoms with Gasteiger partial charge in [0.25, 0.3) is 0 Å². The number of rotatable bonds is 4. The Bertz CT molecular complexity index is 1130. The van der Waals surface area contributed by atoms with E-state index in [4.69, 9.17) is 16.7 Å². The van der Waals surface area contributed by atoms with Crippen LogP contribution in [0.25, 0.3) is 5.69 Å². The molecule has 0 fully saturated rings. The minimum absolute atomic E-state index is 0.0913. The average molecular weight is 399 g/mol. The Morgan fingerprint density at radius 1 is 0.793 bits per heavy atom. The van der Waals surface area contributed by atoms with E-state index in [1.54, 1.807) is 0 Å². The maximum atomic E-state index is 6.02. The summed E-state index contributed by atoms with van der Waals surface area (Å²) in [5.74, 6) is 0. The molecule has 0 bridgehead atoms. The highest BCUT2D eigenvalue weighted by atomic mass is 35.5. The summed E-state index contributed by atoms with van der Waals surface area (Å²) in [5.41, 5.74) is 5.41. The van der Waals surface area contributed by atoms with Crippen LogP contribution < -0.4 is 5.01 Å². The van der Waals surface area contributed by atoms with E-state index in [9.17, 15) is 0 Å². The molecule has 0 amide bonds. The van der Waals surface area contributed by atoms with E-state index in [0.29, 0.717) is 5.02 Å². The zero-order chi connectivity index (χ0) is 19.6. The SMILES string of the molecule is Clc1ccc(-n2cc(C3CC(c4ccccc4)=NN3c3ccccc3)cn2)cc1. The second-order valence-corrected chi connectivity index (χ2v) is 7.44. The van der Waals surface area contributed by atoms with E-state index in [-0.39, 0.29) is 6.04 Å². The third kappa shape index (κ3) is 3.55. The zero-order valence-corrected chi connectivity index (χ0v) is 16.4. The Kier molecular flexibility index (Phi) is 4.62. The first-order valence-corrected chi connectivity index (χ1v) is 9.93. The van der Waals surface area contributed by atoms with Gasteiger partial charge in [-0.15, -0.1) is 0 Å². The van der Waals surface area contributed by atoms with Crippen molar-refractivity contribution in [3.63, 3.8) is 0 Å². The summed E-state index contributed by atoms with van der Waals surface area (Å²) in [5, 5.41) is 12.4. The van der Waals surface area contributed by atoms with Gasteiger partial charge < -0.3 is 0 Å². The number of halogens is 1. The Morgan fingerprint density at radius 3 is 2.21 bits per heavy atom. The molecule has 3 aromatic carbocycles. The van der Waals surface area contributed by atoms with Crippen LogP contribution in [-0.4, -0.2) is 15.5 Å². The predicted molar refractivity (Wildman–Crippen MR) is 118 cm³/mol. The van der Waals surface area contributed by atoms with Crippen molar-refractivity contribution in [2.45, 2.75) is 12.5 Å². The Hall–Kier alpha value is -3.37. The van der Waals surface area contributed by atoms with E-state index >= 15 is 0 Å². The summed E-state index contributed by atoms with van der Waals surface area (Å²) >= 11 is 6.02. The van der Waals surface area contributed by atoms with Crippen molar-refractivity contribution in [3.05, 3.63) is 113 Å². The fourth-order valence-electron chi connectivity index (χ4n) is 3.64. The van der Waals surface area contributed by atoms with Crippen LogP contribution in [0.2, 0.25) is 5.02 Å². The molecule has 1 aliphatic rings. The first kappa shape index (κ1) is 17.7. The number of hydrogen-bond acceptors (Lipinski definition) is 3. The molecule has 0 radical (unpaired) electrons. The van der Waals surface area contributed by atoms with Crippen molar-refractivity contribution >= 4 is 23.0 Å². The molecular weight excluding hydrogens is 380 g/mol. The number of hydrazone groups is 1. The third-order valence-electron chi connectivity index (χ3n) is 5.12. The zero-order valence-electron chi connectivity index (χ0n) is 15.7. The van der Waals surface area contributed by atoms with Gasteiger partial charge in [0, 0.05) is 23.2 Å². The molecule has 0 saturated heterocycles. The van der Waals surface area contributed by atoms with Crippen LogP contribution in [0.4, 0.5) is 5.69 Å². The quantitative estimate of drug-likeness (QED) is 0.430. The molecule has 1 unspecified atom stereocenters. The van der Waals surface area contributed by atoms with Gasteiger partial charge in [-0.25, -0.2) is 4.68 Å². The molecule has 1 aromatic heterocycles. The lowest BCUT2D eigenvalue weighted by molar-refractivity contribution is 0.708. The molecule has 4 nitrogen and oxygen atoms in total. The number of benzene rings is 3. The summed E-state index contributed by atoms with van der Waals surface area (Å²) in [4.78, 5) is 0.